The molecule has 4 aromatic heterocycles. The summed E-state index contributed by atoms with van der Waals surface area (Å²) < 4.78 is 39.6. The molecule has 0 bridgehead atoms. The van der Waals surface area contributed by atoms with Crippen LogP contribution in [0.15, 0.2) is 146 Å². The number of para-hydroxylation sites is 4. The number of rotatable bonds is 7. The zero-order valence-electron chi connectivity index (χ0n) is 31.7. The van der Waals surface area contributed by atoms with E-state index < -0.39 is 6.98 Å². The molecule has 0 amide bonds. The molecule has 0 saturated carbocycles. The number of fused-ring (bicyclic) bond motifs is 5. The van der Waals surface area contributed by atoms with Crippen molar-refractivity contribution in [1.29, 1.82) is 0 Å². The summed E-state index contributed by atoms with van der Waals surface area (Å²) >= 11 is 0. The topological polar surface area (TPSA) is 75.0 Å². The summed E-state index contributed by atoms with van der Waals surface area (Å²) in [4.78, 5) is 21.5. The Morgan fingerprint density at radius 1 is 0.509 bits per heavy atom. The molecule has 2 aliphatic rings. The first kappa shape index (κ1) is 27.6. The van der Waals surface area contributed by atoms with E-state index in [2.05, 4.69) is 92.0 Å². The Labute approximate surface area is 310 Å². The predicted molar refractivity (Wildman–Crippen MR) is 211 cm³/mol. The van der Waals surface area contributed by atoms with Crippen molar-refractivity contribution >= 4 is 55.9 Å². The fraction of sp³-hybridized carbons (Fsp3) is 0.0930. The van der Waals surface area contributed by atoms with Crippen molar-refractivity contribution in [2.75, 3.05) is 47.0 Å². The highest BCUT2D eigenvalue weighted by atomic mass is 16.5. The van der Waals surface area contributed by atoms with Crippen LogP contribution in [0, 0.1) is 0 Å². The quantitative estimate of drug-likeness (QED) is 0.162. The fourth-order valence-corrected chi connectivity index (χ4v) is 7.38. The molecule has 10 nitrogen and oxygen atoms in total. The van der Waals surface area contributed by atoms with Gasteiger partial charge in [-0.3, -0.25) is 0 Å². The number of ether oxygens (including phenoxy) is 2. The van der Waals surface area contributed by atoms with Crippen LogP contribution in [0.1, 0.15) is 4.11 Å². The van der Waals surface area contributed by atoms with E-state index in [1.54, 1.807) is 24.5 Å². The number of benzene rings is 4. The number of hydrogen-bond acceptors (Lipinski definition) is 9. The van der Waals surface area contributed by atoms with Gasteiger partial charge in [0.25, 0.3) is 0 Å². The van der Waals surface area contributed by atoms with E-state index in [4.69, 9.17) is 18.6 Å². The monoisotopic (exact) mass is 697 g/mol. The van der Waals surface area contributed by atoms with Crippen molar-refractivity contribution < 1.29 is 13.6 Å². The molecular formula is C43H34N8O2. The summed E-state index contributed by atoms with van der Waals surface area (Å²) in [7, 11) is 2.10. The third-order valence-electron chi connectivity index (χ3n) is 9.76. The molecule has 0 N–H and O–H groups in total. The molecule has 53 heavy (non-hydrogen) atoms. The van der Waals surface area contributed by atoms with E-state index in [9.17, 15) is 0 Å². The minimum absolute atomic E-state index is 0.174. The lowest BCUT2D eigenvalue weighted by Crippen LogP contribution is -2.24. The lowest BCUT2D eigenvalue weighted by Gasteiger charge is -2.20. The minimum Gasteiger partial charge on any atom is -0.421 e. The highest BCUT2D eigenvalue weighted by molar-refractivity contribution is 6.11. The fourth-order valence-electron chi connectivity index (χ4n) is 7.38. The Morgan fingerprint density at radius 2 is 1.00 bits per heavy atom. The molecule has 10 rings (SSSR count). The highest BCUT2D eigenvalue weighted by Gasteiger charge is 2.27. The van der Waals surface area contributed by atoms with Gasteiger partial charge in [-0.1, -0.05) is 48.5 Å². The standard InChI is InChI=1S/C43H34N8O2/c1-47-27-49(36-13-5-3-11-34(36)47)29-17-19-32-33-20-18-30(50-28-48(2)35-12-4-6-14-37(35)50)24-39(33)51(38(32)23-29)31-25-42(52-40-15-7-9-21-44-40)46-43(26-31)53-41-16-8-10-22-45-41/h3-26H,27-28H2,1-2H3/i1D3. The van der Waals surface area contributed by atoms with Crippen molar-refractivity contribution in [2.45, 2.75) is 0 Å². The van der Waals surface area contributed by atoms with Crippen molar-refractivity contribution in [3.05, 3.63) is 146 Å². The molecule has 4 aromatic carbocycles. The largest absolute Gasteiger partial charge is 0.421 e. The van der Waals surface area contributed by atoms with Crippen LogP contribution in [0.4, 0.5) is 34.1 Å². The average Bonchev–Trinajstić information content (AvgIpc) is 3.88. The Hall–Kier alpha value is -7.07. The molecule has 10 heteroatoms. The molecular weight excluding hydrogens is 661 g/mol. The third kappa shape index (κ3) is 5.31. The Bertz CT molecular complexity index is 2700. The maximum atomic E-state index is 8.30. The summed E-state index contributed by atoms with van der Waals surface area (Å²) in [6.07, 6.45) is 3.33. The van der Waals surface area contributed by atoms with Crippen LogP contribution in [0.25, 0.3) is 27.5 Å². The van der Waals surface area contributed by atoms with Gasteiger partial charge < -0.3 is 33.6 Å². The summed E-state index contributed by atoms with van der Waals surface area (Å²) in [5, 5.41) is 2.06. The van der Waals surface area contributed by atoms with Crippen molar-refractivity contribution in [2.24, 2.45) is 0 Å². The van der Waals surface area contributed by atoms with Gasteiger partial charge in [0.1, 0.15) is 0 Å². The molecule has 0 saturated heterocycles. The number of anilines is 6. The smallest absolute Gasteiger partial charge is 0.226 e. The van der Waals surface area contributed by atoms with Crippen molar-refractivity contribution in [3.8, 4) is 29.2 Å². The highest BCUT2D eigenvalue weighted by Crippen LogP contribution is 2.45. The number of pyridine rings is 3. The van der Waals surface area contributed by atoms with Gasteiger partial charge in [0.2, 0.25) is 23.5 Å². The van der Waals surface area contributed by atoms with E-state index in [0.29, 0.717) is 24.1 Å². The second-order valence-corrected chi connectivity index (χ2v) is 13.0. The molecule has 0 unspecified atom stereocenters. The van der Waals surface area contributed by atoms with E-state index in [0.717, 1.165) is 55.9 Å². The molecule has 8 aromatic rings. The zero-order valence-corrected chi connectivity index (χ0v) is 28.7. The van der Waals surface area contributed by atoms with Gasteiger partial charge in [-0.25, -0.2) is 9.97 Å². The van der Waals surface area contributed by atoms with E-state index in [-0.39, 0.29) is 18.4 Å². The predicted octanol–water partition coefficient (Wildman–Crippen LogP) is 9.64. The van der Waals surface area contributed by atoms with Crippen molar-refractivity contribution in [3.63, 3.8) is 0 Å². The van der Waals surface area contributed by atoms with Crippen LogP contribution in [0.5, 0.6) is 23.5 Å². The molecule has 0 spiro atoms. The maximum Gasteiger partial charge on any atom is 0.226 e. The summed E-state index contributed by atoms with van der Waals surface area (Å²) in [5.74, 6) is 1.34. The normalized spacial score (nSPS) is 14.6. The Kier molecular flexibility index (Phi) is 6.42. The van der Waals surface area contributed by atoms with Gasteiger partial charge >= 0.3 is 0 Å². The maximum absolute atomic E-state index is 8.30. The Balaban J connectivity index is 1.19. The minimum atomic E-state index is -2.31. The first-order valence-electron chi connectivity index (χ1n) is 18.8. The number of nitrogens with zero attached hydrogens (tertiary/aromatic N) is 8. The van der Waals surface area contributed by atoms with Crippen LogP contribution < -0.4 is 29.1 Å². The number of hydrogen-bond donors (Lipinski definition) is 0. The average molecular weight is 698 g/mol. The van der Waals surface area contributed by atoms with Gasteiger partial charge in [0, 0.05) is 76.9 Å². The Morgan fingerprint density at radius 3 is 1.51 bits per heavy atom. The molecule has 0 atom stereocenters. The lowest BCUT2D eigenvalue weighted by molar-refractivity contribution is 0.410. The first-order chi connectivity index (χ1) is 27.3. The van der Waals surface area contributed by atoms with E-state index in [1.807, 2.05) is 65.6 Å². The molecule has 0 fully saturated rings. The van der Waals surface area contributed by atoms with Gasteiger partial charge in [-0.05, 0) is 60.7 Å². The SMILES string of the molecule is [2H]C([2H])([2H])N1CN(c2ccc3c4ccc(N5CN(C)c6ccccc65)cc4n(-c4cc(Oc5ccccn5)nc(Oc5ccccn5)c4)c3c2)c2ccccc21. The second-order valence-electron chi connectivity index (χ2n) is 13.0. The molecule has 0 radical (unpaired) electrons. The summed E-state index contributed by atoms with van der Waals surface area (Å²) in [6, 6.07) is 43.5. The van der Waals surface area contributed by atoms with Gasteiger partial charge in [0.15, 0.2) is 0 Å². The zero-order chi connectivity index (χ0) is 38.0. The summed E-state index contributed by atoms with van der Waals surface area (Å²) in [5.41, 5.74) is 8.24. The molecule has 258 valence electrons. The summed E-state index contributed by atoms with van der Waals surface area (Å²) in [6.45, 7) is -1.44. The molecule has 6 heterocycles. The van der Waals surface area contributed by atoms with Crippen LogP contribution in [0.3, 0.4) is 0 Å². The first-order valence-corrected chi connectivity index (χ1v) is 17.3. The van der Waals surface area contributed by atoms with Crippen LogP contribution >= 0.6 is 0 Å². The second kappa shape index (κ2) is 12.3. The van der Waals surface area contributed by atoms with Crippen LogP contribution in [0.2, 0.25) is 0 Å². The van der Waals surface area contributed by atoms with Gasteiger partial charge in [0.05, 0.1) is 52.8 Å². The van der Waals surface area contributed by atoms with E-state index >= 15 is 0 Å². The lowest BCUT2D eigenvalue weighted by atomic mass is 10.1. The molecule has 0 aliphatic carbocycles. The molecule has 2 aliphatic heterocycles. The third-order valence-corrected chi connectivity index (χ3v) is 9.76. The number of aromatic nitrogens is 4. The van der Waals surface area contributed by atoms with E-state index in [1.165, 1.54) is 4.90 Å². The van der Waals surface area contributed by atoms with Crippen LogP contribution in [-0.2, 0) is 0 Å². The van der Waals surface area contributed by atoms with Crippen molar-refractivity contribution in [1.82, 2.24) is 19.5 Å². The van der Waals surface area contributed by atoms with Gasteiger partial charge in [-0.15, -0.1) is 0 Å². The van der Waals surface area contributed by atoms with Gasteiger partial charge in [-0.2, -0.15) is 4.98 Å². The van der Waals surface area contributed by atoms with Crippen LogP contribution in [-0.4, -0.2) is 46.9 Å².